The zero-order valence-electron chi connectivity index (χ0n) is 16.8. The van der Waals surface area contributed by atoms with Gasteiger partial charge in [0.1, 0.15) is 17.3 Å². The van der Waals surface area contributed by atoms with Crippen molar-refractivity contribution in [1.82, 2.24) is 10.2 Å². The number of rotatable bonds is 7. The van der Waals surface area contributed by atoms with E-state index in [-0.39, 0.29) is 11.7 Å². The molecule has 1 amide bonds. The van der Waals surface area contributed by atoms with E-state index in [4.69, 9.17) is 9.47 Å². The Kier molecular flexibility index (Phi) is 6.71. The van der Waals surface area contributed by atoms with Gasteiger partial charge in [-0.05, 0) is 42.7 Å². The fraction of sp³-hybridized carbons (Fsp3) is 0.409. The molecule has 0 spiro atoms. The summed E-state index contributed by atoms with van der Waals surface area (Å²) in [4.78, 5) is 14.7. The maximum atomic E-state index is 13.1. The smallest absolute Gasteiger partial charge is 0.255 e. The van der Waals surface area contributed by atoms with Gasteiger partial charge in [-0.15, -0.1) is 0 Å². The fourth-order valence-corrected chi connectivity index (χ4v) is 3.60. The average molecular weight is 402 g/mol. The second kappa shape index (κ2) is 9.24. The van der Waals surface area contributed by atoms with E-state index < -0.39 is 5.60 Å². The first-order valence-corrected chi connectivity index (χ1v) is 9.66. The van der Waals surface area contributed by atoms with Crippen LogP contribution in [0.5, 0.6) is 11.5 Å². The van der Waals surface area contributed by atoms with Crippen LogP contribution in [-0.4, -0.2) is 56.3 Å². The van der Waals surface area contributed by atoms with Crippen molar-refractivity contribution in [2.45, 2.75) is 18.4 Å². The van der Waals surface area contributed by atoms with Crippen LogP contribution in [-0.2, 0) is 5.60 Å². The third kappa shape index (κ3) is 5.05. The summed E-state index contributed by atoms with van der Waals surface area (Å²) >= 11 is 0. The molecule has 1 fully saturated rings. The van der Waals surface area contributed by atoms with Crippen LogP contribution in [0.25, 0.3) is 0 Å². The highest BCUT2D eigenvalue weighted by Gasteiger charge is 2.33. The minimum atomic E-state index is -0.927. The standard InChI is InChI=1S/C22H27FN2O4/c1-28-18-7-8-19(20(15-18)29-2)21(26)24-11-14-25-12-9-22(27,10-13-25)16-3-5-17(23)6-4-16/h3-8,15,27H,9-14H2,1-2H3,(H,24,26). The molecule has 156 valence electrons. The van der Waals surface area contributed by atoms with Gasteiger partial charge in [0.15, 0.2) is 0 Å². The first-order chi connectivity index (χ1) is 13.9. The van der Waals surface area contributed by atoms with Gasteiger partial charge in [-0.25, -0.2) is 4.39 Å². The molecule has 0 radical (unpaired) electrons. The van der Waals surface area contributed by atoms with E-state index in [0.29, 0.717) is 56.1 Å². The van der Waals surface area contributed by atoms with Crippen molar-refractivity contribution in [3.8, 4) is 11.5 Å². The van der Waals surface area contributed by atoms with Crippen LogP contribution in [0.4, 0.5) is 4.39 Å². The van der Waals surface area contributed by atoms with Crippen molar-refractivity contribution in [1.29, 1.82) is 0 Å². The van der Waals surface area contributed by atoms with Gasteiger partial charge < -0.3 is 24.8 Å². The molecule has 0 unspecified atom stereocenters. The van der Waals surface area contributed by atoms with E-state index >= 15 is 0 Å². The van der Waals surface area contributed by atoms with Gasteiger partial charge in [-0.1, -0.05) is 12.1 Å². The zero-order valence-corrected chi connectivity index (χ0v) is 16.8. The van der Waals surface area contributed by atoms with Gasteiger partial charge in [-0.3, -0.25) is 4.79 Å². The molecule has 29 heavy (non-hydrogen) atoms. The number of methoxy groups -OCH3 is 2. The Bertz CT molecular complexity index is 833. The number of hydrogen-bond acceptors (Lipinski definition) is 5. The Hall–Kier alpha value is -2.64. The van der Waals surface area contributed by atoms with E-state index in [1.54, 1.807) is 37.4 Å². The Morgan fingerprint density at radius 3 is 2.45 bits per heavy atom. The summed E-state index contributed by atoms with van der Waals surface area (Å²) in [6.45, 7) is 2.58. The minimum Gasteiger partial charge on any atom is -0.497 e. The molecule has 0 bridgehead atoms. The van der Waals surface area contributed by atoms with Crippen LogP contribution >= 0.6 is 0 Å². The average Bonchev–Trinajstić information content (AvgIpc) is 2.75. The number of amides is 1. The Labute approximate surface area is 170 Å². The topological polar surface area (TPSA) is 71.0 Å². The lowest BCUT2D eigenvalue weighted by molar-refractivity contribution is -0.0255. The normalized spacial score (nSPS) is 16.3. The predicted octanol–water partition coefficient (Wildman–Crippen LogP) is 2.56. The van der Waals surface area contributed by atoms with Crippen molar-refractivity contribution >= 4 is 5.91 Å². The lowest BCUT2D eigenvalue weighted by Crippen LogP contribution is -2.45. The Morgan fingerprint density at radius 2 is 1.83 bits per heavy atom. The number of halogens is 1. The van der Waals surface area contributed by atoms with Crippen molar-refractivity contribution in [2.24, 2.45) is 0 Å². The number of aliphatic hydroxyl groups is 1. The first kappa shape index (κ1) is 21.1. The molecule has 3 rings (SSSR count). The summed E-state index contributed by atoms with van der Waals surface area (Å²) in [5.41, 5.74) is 0.278. The number of benzene rings is 2. The van der Waals surface area contributed by atoms with Crippen LogP contribution in [0.15, 0.2) is 42.5 Å². The van der Waals surface area contributed by atoms with Crippen LogP contribution in [0.3, 0.4) is 0 Å². The number of carbonyl (C=O) groups is 1. The molecular weight excluding hydrogens is 375 g/mol. The first-order valence-electron chi connectivity index (χ1n) is 9.66. The highest BCUT2D eigenvalue weighted by atomic mass is 19.1. The number of nitrogens with one attached hydrogen (secondary N) is 1. The molecule has 2 aromatic rings. The summed E-state index contributed by atoms with van der Waals surface area (Å²) in [5, 5.41) is 13.8. The molecule has 1 saturated heterocycles. The maximum Gasteiger partial charge on any atom is 0.255 e. The quantitative estimate of drug-likeness (QED) is 0.745. The lowest BCUT2D eigenvalue weighted by Gasteiger charge is -2.38. The summed E-state index contributed by atoms with van der Waals surface area (Å²) in [5.74, 6) is 0.577. The maximum absolute atomic E-state index is 13.1. The second-order valence-electron chi connectivity index (χ2n) is 7.20. The number of nitrogens with zero attached hydrogens (tertiary/aromatic N) is 1. The molecule has 1 aliphatic rings. The minimum absolute atomic E-state index is 0.204. The molecule has 0 saturated carbocycles. The SMILES string of the molecule is COc1ccc(C(=O)NCCN2CCC(O)(c3ccc(F)cc3)CC2)c(OC)c1. The van der Waals surface area contributed by atoms with Crippen molar-refractivity contribution in [2.75, 3.05) is 40.4 Å². The van der Waals surface area contributed by atoms with Crippen LogP contribution in [0.1, 0.15) is 28.8 Å². The number of carbonyl (C=O) groups excluding carboxylic acids is 1. The zero-order chi connectivity index (χ0) is 20.9. The van der Waals surface area contributed by atoms with Crippen molar-refractivity contribution in [3.63, 3.8) is 0 Å². The Morgan fingerprint density at radius 1 is 1.14 bits per heavy atom. The highest BCUT2D eigenvalue weighted by molar-refractivity contribution is 5.97. The van der Waals surface area contributed by atoms with E-state index in [0.717, 1.165) is 5.56 Å². The van der Waals surface area contributed by atoms with Crippen LogP contribution in [0.2, 0.25) is 0 Å². The summed E-state index contributed by atoms with van der Waals surface area (Å²) in [7, 11) is 3.08. The molecular formula is C22H27FN2O4. The van der Waals surface area contributed by atoms with Gasteiger partial charge >= 0.3 is 0 Å². The number of likely N-dealkylation sites (tertiary alicyclic amines) is 1. The number of hydrogen-bond donors (Lipinski definition) is 2. The molecule has 1 heterocycles. The van der Waals surface area contributed by atoms with E-state index in [1.165, 1.54) is 19.2 Å². The van der Waals surface area contributed by atoms with Crippen molar-refractivity contribution < 1.29 is 23.8 Å². The fourth-order valence-electron chi connectivity index (χ4n) is 3.60. The molecule has 2 aromatic carbocycles. The molecule has 6 nitrogen and oxygen atoms in total. The van der Waals surface area contributed by atoms with E-state index in [9.17, 15) is 14.3 Å². The number of piperidine rings is 1. The number of ether oxygens (including phenoxy) is 2. The largest absolute Gasteiger partial charge is 0.497 e. The van der Waals surface area contributed by atoms with Gasteiger partial charge in [0, 0.05) is 32.2 Å². The third-order valence-electron chi connectivity index (χ3n) is 5.43. The molecule has 2 N–H and O–H groups in total. The van der Waals surface area contributed by atoms with E-state index in [2.05, 4.69) is 10.2 Å². The Balaban J connectivity index is 1.48. The summed E-state index contributed by atoms with van der Waals surface area (Å²) in [6.07, 6.45) is 1.14. The second-order valence-corrected chi connectivity index (χ2v) is 7.20. The van der Waals surface area contributed by atoms with Crippen LogP contribution in [0, 0.1) is 5.82 Å². The van der Waals surface area contributed by atoms with Gasteiger partial charge in [0.25, 0.3) is 5.91 Å². The van der Waals surface area contributed by atoms with Gasteiger partial charge in [0.05, 0.1) is 25.4 Å². The van der Waals surface area contributed by atoms with Gasteiger partial charge in [-0.2, -0.15) is 0 Å². The third-order valence-corrected chi connectivity index (χ3v) is 5.43. The molecule has 0 aromatic heterocycles. The molecule has 0 atom stereocenters. The monoisotopic (exact) mass is 402 g/mol. The molecule has 0 aliphatic carbocycles. The lowest BCUT2D eigenvalue weighted by atomic mass is 9.84. The molecule has 1 aliphatic heterocycles. The summed E-state index contributed by atoms with van der Waals surface area (Å²) < 4.78 is 23.5. The molecule has 7 heteroatoms. The highest BCUT2D eigenvalue weighted by Crippen LogP contribution is 2.32. The van der Waals surface area contributed by atoms with E-state index in [1.807, 2.05) is 0 Å². The predicted molar refractivity (Wildman–Crippen MR) is 108 cm³/mol. The van der Waals surface area contributed by atoms with Crippen LogP contribution < -0.4 is 14.8 Å². The summed E-state index contributed by atoms with van der Waals surface area (Å²) in [6, 6.07) is 11.1. The van der Waals surface area contributed by atoms with Gasteiger partial charge in [0.2, 0.25) is 0 Å². The van der Waals surface area contributed by atoms with Crippen molar-refractivity contribution in [3.05, 3.63) is 59.4 Å².